The van der Waals surface area contributed by atoms with Crippen molar-refractivity contribution in [3.63, 3.8) is 0 Å². The number of aliphatic hydroxyl groups is 1. The number of benzene rings is 2. The molecule has 4 heteroatoms. The van der Waals surface area contributed by atoms with Crippen molar-refractivity contribution in [3.05, 3.63) is 58.1 Å². The number of ether oxygens (including phenoxy) is 1. The number of methoxy groups -OCH3 is 1. The molecule has 0 aromatic heterocycles. The first-order chi connectivity index (χ1) is 10.6. The van der Waals surface area contributed by atoms with Crippen molar-refractivity contribution >= 4 is 15.9 Å². The van der Waals surface area contributed by atoms with Gasteiger partial charge in [-0.1, -0.05) is 34.1 Å². The van der Waals surface area contributed by atoms with Gasteiger partial charge in [0.05, 0.1) is 13.2 Å². The van der Waals surface area contributed by atoms with Crippen LogP contribution in [0.1, 0.15) is 24.0 Å². The van der Waals surface area contributed by atoms with Crippen molar-refractivity contribution < 1.29 is 14.9 Å². The Labute approximate surface area is 139 Å². The molecule has 0 radical (unpaired) electrons. The SMILES string of the molecule is COc1ccc(CC[C@@H](O)CCc2ccc(Br)cc2)cc1O. The van der Waals surface area contributed by atoms with Gasteiger partial charge in [0.25, 0.3) is 0 Å². The number of hydrogen-bond donors (Lipinski definition) is 2. The molecule has 0 fully saturated rings. The zero-order chi connectivity index (χ0) is 15.9. The summed E-state index contributed by atoms with van der Waals surface area (Å²) in [5.74, 6) is 0.615. The van der Waals surface area contributed by atoms with Crippen LogP contribution < -0.4 is 4.74 Å². The second kappa shape index (κ2) is 8.20. The second-order valence-electron chi connectivity index (χ2n) is 5.36. The Morgan fingerprint density at radius 1 is 1.00 bits per heavy atom. The van der Waals surface area contributed by atoms with E-state index in [1.807, 2.05) is 18.2 Å². The topological polar surface area (TPSA) is 49.7 Å². The minimum Gasteiger partial charge on any atom is -0.504 e. The fourth-order valence-electron chi connectivity index (χ4n) is 2.35. The molecule has 0 saturated heterocycles. The molecular weight excluding hydrogens is 344 g/mol. The molecule has 0 saturated carbocycles. The minimum atomic E-state index is -0.340. The Morgan fingerprint density at radius 3 is 2.18 bits per heavy atom. The molecule has 22 heavy (non-hydrogen) atoms. The van der Waals surface area contributed by atoms with Gasteiger partial charge in [0.15, 0.2) is 11.5 Å². The Morgan fingerprint density at radius 2 is 1.59 bits per heavy atom. The lowest BCUT2D eigenvalue weighted by molar-refractivity contribution is 0.155. The summed E-state index contributed by atoms with van der Waals surface area (Å²) in [7, 11) is 1.53. The van der Waals surface area contributed by atoms with Gasteiger partial charge in [0.2, 0.25) is 0 Å². The van der Waals surface area contributed by atoms with Crippen LogP contribution >= 0.6 is 15.9 Å². The van der Waals surface area contributed by atoms with Crippen LogP contribution in [0.3, 0.4) is 0 Å². The largest absolute Gasteiger partial charge is 0.504 e. The van der Waals surface area contributed by atoms with Crippen LogP contribution in [-0.4, -0.2) is 23.4 Å². The van der Waals surface area contributed by atoms with Gasteiger partial charge in [-0.3, -0.25) is 0 Å². The molecule has 0 spiro atoms. The van der Waals surface area contributed by atoms with E-state index >= 15 is 0 Å². The number of hydrogen-bond acceptors (Lipinski definition) is 3. The van der Waals surface area contributed by atoms with Crippen LogP contribution in [0.5, 0.6) is 11.5 Å². The summed E-state index contributed by atoms with van der Waals surface area (Å²) in [6.45, 7) is 0. The molecule has 2 N–H and O–H groups in total. The maximum Gasteiger partial charge on any atom is 0.160 e. The highest BCUT2D eigenvalue weighted by Gasteiger charge is 2.07. The molecule has 0 aliphatic heterocycles. The van der Waals surface area contributed by atoms with Crippen molar-refractivity contribution in [2.24, 2.45) is 0 Å². The van der Waals surface area contributed by atoms with Gasteiger partial charge in [-0.25, -0.2) is 0 Å². The van der Waals surface area contributed by atoms with Crippen LogP contribution in [0.2, 0.25) is 0 Å². The van der Waals surface area contributed by atoms with E-state index in [-0.39, 0.29) is 11.9 Å². The predicted octanol–water partition coefficient (Wildman–Crippen LogP) is 4.09. The van der Waals surface area contributed by atoms with Gasteiger partial charge in [-0.15, -0.1) is 0 Å². The second-order valence-corrected chi connectivity index (χ2v) is 6.28. The van der Waals surface area contributed by atoms with E-state index in [1.165, 1.54) is 12.7 Å². The molecular formula is C18H21BrO3. The van der Waals surface area contributed by atoms with Crippen LogP contribution in [0.4, 0.5) is 0 Å². The first kappa shape index (κ1) is 16.8. The number of aryl methyl sites for hydroxylation is 2. The highest BCUT2D eigenvalue weighted by molar-refractivity contribution is 9.10. The minimum absolute atomic E-state index is 0.143. The van der Waals surface area contributed by atoms with E-state index in [2.05, 4.69) is 28.1 Å². The van der Waals surface area contributed by atoms with E-state index in [0.29, 0.717) is 12.2 Å². The van der Waals surface area contributed by atoms with E-state index in [0.717, 1.165) is 29.3 Å². The lowest BCUT2D eigenvalue weighted by Crippen LogP contribution is -2.09. The number of aliphatic hydroxyl groups excluding tert-OH is 1. The zero-order valence-electron chi connectivity index (χ0n) is 12.6. The third-order valence-corrected chi connectivity index (χ3v) is 4.22. The average Bonchev–Trinajstić information content (AvgIpc) is 2.52. The number of phenols is 1. The lowest BCUT2D eigenvalue weighted by Gasteiger charge is -2.11. The molecule has 1 atom stereocenters. The van der Waals surface area contributed by atoms with Gasteiger partial charge >= 0.3 is 0 Å². The van der Waals surface area contributed by atoms with Crippen molar-refractivity contribution in [2.45, 2.75) is 31.8 Å². The molecule has 118 valence electrons. The molecule has 2 rings (SSSR count). The van der Waals surface area contributed by atoms with Crippen LogP contribution in [0.15, 0.2) is 46.9 Å². The summed E-state index contributed by atoms with van der Waals surface area (Å²) >= 11 is 3.41. The molecule has 0 aliphatic carbocycles. The van der Waals surface area contributed by atoms with Crippen molar-refractivity contribution in [3.8, 4) is 11.5 Å². The first-order valence-corrected chi connectivity index (χ1v) is 8.16. The number of aromatic hydroxyl groups is 1. The standard InChI is InChI=1S/C18H21BrO3/c1-22-18-11-6-14(12-17(18)21)5-10-16(20)9-4-13-2-7-15(19)8-3-13/h2-3,6-8,11-12,16,20-21H,4-5,9-10H2,1H3/t16-/m0/s1. The highest BCUT2D eigenvalue weighted by atomic mass is 79.9. The lowest BCUT2D eigenvalue weighted by atomic mass is 10.0. The van der Waals surface area contributed by atoms with Gasteiger partial charge in [-0.2, -0.15) is 0 Å². The number of phenolic OH excluding ortho intramolecular Hbond substituents is 1. The van der Waals surface area contributed by atoms with Gasteiger partial charge in [-0.05, 0) is 61.1 Å². The molecule has 3 nitrogen and oxygen atoms in total. The smallest absolute Gasteiger partial charge is 0.160 e. The molecule has 2 aromatic carbocycles. The summed E-state index contributed by atoms with van der Waals surface area (Å²) in [6, 6.07) is 13.5. The van der Waals surface area contributed by atoms with Gasteiger partial charge in [0.1, 0.15) is 0 Å². The summed E-state index contributed by atoms with van der Waals surface area (Å²) in [5.41, 5.74) is 2.23. The zero-order valence-corrected chi connectivity index (χ0v) is 14.2. The molecule has 2 aromatic rings. The van der Waals surface area contributed by atoms with E-state index < -0.39 is 0 Å². The van der Waals surface area contributed by atoms with E-state index in [4.69, 9.17) is 4.74 Å². The van der Waals surface area contributed by atoms with Crippen molar-refractivity contribution in [1.29, 1.82) is 0 Å². The molecule has 0 heterocycles. The van der Waals surface area contributed by atoms with Crippen LogP contribution in [0, 0.1) is 0 Å². The summed E-state index contributed by atoms with van der Waals surface area (Å²) in [5, 5.41) is 19.8. The maximum atomic E-state index is 10.1. The third-order valence-electron chi connectivity index (χ3n) is 3.69. The molecule has 0 aliphatic rings. The summed E-state index contributed by atoms with van der Waals surface area (Å²) in [4.78, 5) is 0. The molecule has 0 unspecified atom stereocenters. The van der Waals surface area contributed by atoms with Crippen LogP contribution in [0.25, 0.3) is 0 Å². The predicted molar refractivity (Wildman–Crippen MR) is 91.4 cm³/mol. The Balaban J connectivity index is 1.78. The normalized spacial score (nSPS) is 12.1. The van der Waals surface area contributed by atoms with Gasteiger partial charge < -0.3 is 14.9 Å². The maximum absolute atomic E-state index is 10.1. The Kier molecular flexibility index (Phi) is 6.28. The van der Waals surface area contributed by atoms with E-state index in [1.54, 1.807) is 12.1 Å². The highest BCUT2D eigenvalue weighted by Crippen LogP contribution is 2.27. The molecule has 0 amide bonds. The Bertz CT molecular complexity index is 596. The van der Waals surface area contributed by atoms with Crippen molar-refractivity contribution in [2.75, 3.05) is 7.11 Å². The fraction of sp³-hybridized carbons (Fsp3) is 0.333. The molecule has 0 bridgehead atoms. The average molecular weight is 365 g/mol. The number of rotatable bonds is 7. The monoisotopic (exact) mass is 364 g/mol. The first-order valence-electron chi connectivity index (χ1n) is 7.37. The van der Waals surface area contributed by atoms with Gasteiger partial charge in [0, 0.05) is 4.47 Å². The Hall–Kier alpha value is -1.52. The summed E-state index contributed by atoms with van der Waals surface area (Å²) in [6.07, 6.45) is 2.68. The third kappa shape index (κ3) is 5.04. The number of halogens is 1. The van der Waals surface area contributed by atoms with E-state index in [9.17, 15) is 10.2 Å². The quantitative estimate of drug-likeness (QED) is 0.777. The van der Waals surface area contributed by atoms with Crippen molar-refractivity contribution in [1.82, 2.24) is 0 Å². The van der Waals surface area contributed by atoms with Crippen LogP contribution in [-0.2, 0) is 12.8 Å². The summed E-state index contributed by atoms with van der Waals surface area (Å²) < 4.78 is 6.08. The fourth-order valence-corrected chi connectivity index (χ4v) is 2.62.